The molecule has 2 saturated carbocycles. The van der Waals surface area contributed by atoms with Crippen LogP contribution in [0.4, 0.5) is 13.2 Å². The molecule has 3 nitrogen and oxygen atoms in total. The van der Waals surface area contributed by atoms with E-state index in [2.05, 4.69) is 5.32 Å². The molecule has 1 amide bonds. The van der Waals surface area contributed by atoms with Crippen molar-refractivity contribution in [2.24, 2.45) is 23.5 Å². The minimum Gasteiger partial charge on any atom is -0.356 e. The maximum atomic E-state index is 12.6. The number of halogens is 3. The molecule has 2 fully saturated rings. The van der Waals surface area contributed by atoms with E-state index in [9.17, 15) is 18.0 Å². The molecule has 2 atom stereocenters. The molecule has 0 heterocycles. The van der Waals surface area contributed by atoms with E-state index < -0.39 is 17.6 Å². The van der Waals surface area contributed by atoms with Gasteiger partial charge >= 0.3 is 6.18 Å². The summed E-state index contributed by atoms with van der Waals surface area (Å²) in [5, 5.41) is 2.93. The first-order valence-corrected chi connectivity index (χ1v) is 8.33. The second kappa shape index (κ2) is 6.77. The third-order valence-electron chi connectivity index (χ3n) is 5.45. The van der Waals surface area contributed by atoms with E-state index in [4.69, 9.17) is 5.73 Å². The number of hydrogen-bond donors (Lipinski definition) is 2. The SMILES string of the molecule is CC1(N)CCCCC1C(=O)NCC1CCC(C(F)(F)F)CC1. The zero-order valence-corrected chi connectivity index (χ0v) is 13.2. The van der Waals surface area contributed by atoms with Gasteiger partial charge in [0.1, 0.15) is 0 Å². The standard InChI is InChI=1S/C16H27F3N2O/c1-15(20)9-3-2-4-13(15)14(22)21-10-11-5-7-12(8-6-11)16(17,18)19/h11-13H,2-10,20H2,1H3,(H,21,22). The number of hydrogen-bond acceptors (Lipinski definition) is 2. The topological polar surface area (TPSA) is 55.1 Å². The van der Waals surface area contributed by atoms with Gasteiger partial charge in [-0.2, -0.15) is 13.2 Å². The number of nitrogens with one attached hydrogen (secondary N) is 1. The molecule has 0 radical (unpaired) electrons. The van der Waals surface area contributed by atoms with Gasteiger partial charge in [0.25, 0.3) is 0 Å². The predicted molar refractivity (Wildman–Crippen MR) is 79.1 cm³/mol. The van der Waals surface area contributed by atoms with Crippen molar-refractivity contribution in [1.82, 2.24) is 5.32 Å². The second-order valence-electron chi connectivity index (χ2n) is 7.31. The molecule has 0 aromatic heterocycles. The number of nitrogens with two attached hydrogens (primary N) is 1. The highest BCUT2D eigenvalue weighted by atomic mass is 19.4. The quantitative estimate of drug-likeness (QED) is 0.837. The molecular formula is C16H27F3N2O. The molecule has 128 valence electrons. The molecule has 0 aromatic carbocycles. The van der Waals surface area contributed by atoms with Gasteiger partial charge in [0.15, 0.2) is 0 Å². The Bertz CT molecular complexity index is 387. The maximum absolute atomic E-state index is 12.6. The van der Waals surface area contributed by atoms with Crippen LogP contribution in [0.3, 0.4) is 0 Å². The van der Waals surface area contributed by atoms with Crippen LogP contribution >= 0.6 is 0 Å². The summed E-state index contributed by atoms with van der Waals surface area (Å²) in [6.45, 7) is 2.40. The van der Waals surface area contributed by atoms with E-state index in [0.29, 0.717) is 19.4 Å². The van der Waals surface area contributed by atoms with Gasteiger partial charge in [-0.1, -0.05) is 12.8 Å². The Labute approximate surface area is 130 Å². The van der Waals surface area contributed by atoms with Crippen LogP contribution in [0.2, 0.25) is 0 Å². The maximum Gasteiger partial charge on any atom is 0.391 e. The van der Waals surface area contributed by atoms with Gasteiger partial charge < -0.3 is 11.1 Å². The van der Waals surface area contributed by atoms with Gasteiger partial charge in [-0.15, -0.1) is 0 Å². The molecule has 0 bridgehead atoms. The summed E-state index contributed by atoms with van der Waals surface area (Å²) in [5.74, 6) is -1.20. The average Bonchev–Trinajstić information content (AvgIpc) is 2.44. The lowest BCUT2D eigenvalue weighted by molar-refractivity contribution is -0.183. The molecule has 0 aliphatic heterocycles. The van der Waals surface area contributed by atoms with Crippen molar-refractivity contribution in [1.29, 1.82) is 0 Å². The predicted octanol–water partition coefficient (Wildman–Crippen LogP) is 3.38. The molecule has 2 aliphatic carbocycles. The van der Waals surface area contributed by atoms with Gasteiger partial charge in [0, 0.05) is 12.1 Å². The summed E-state index contributed by atoms with van der Waals surface area (Å²) in [7, 11) is 0. The molecule has 2 aliphatic rings. The zero-order chi connectivity index (χ0) is 16.4. The number of carbonyl (C=O) groups excluding carboxylic acids is 1. The van der Waals surface area contributed by atoms with Crippen LogP contribution in [0.15, 0.2) is 0 Å². The smallest absolute Gasteiger partial charge is 0.356 e. The van der Waals surface area contributed by atoms with Crippen LogP contribution in [0, 0.1) is 17.8 Å². The number of alkyl halides is 3. The molecule has 2 rings (SSSR count). The van der Waals surface area contributed by atoms with Crippen molar-refractivity contribution in [3.8, 4) is 0 Å². The van der Waals surface area contributed by atoms with Gasteiger partial charge in [-0.3, -0.25) is 4.79 Å². The van der Waals surface area contributed by atoms with Crippen molar-refractivity contribution in [2.75, 3.05) is 6.54 Å². The van der Waals surface area contributed by atoms with E-state index in [1.54, 1.807) is 0 Å². The Morgan fingerprint density at radius 3 is 2.36 bits per heavy atom. The van der Waals surface area contributed by atoms with Gasteiger partial charge in [0.2, 0.25) is 5.91 Å². The fraction of sp³-hybridized carbons (Fsp3) is 0.938. The lowest BCUT2D eigenvalue weighted by Crippen LogP contribution is -2.53. The molecule has 3 N–H and O–H groups in total. The highest BCUT2D eigenvalue weighted by Crippen LogP contribution is 2.39. The molecule has 0 spiro atoms. The summed E-state index contributed by atoms with van der Waals surface area (Å²) in [5.41, 5.74) is 5.75. The van der Waals surface area contributed by atoms with E-state index in [1.807, 2.05) is 6.92 Å². The minimum absolute atomic E-state index is 0.0253. The molecule has 2 unspecified atom stereocenters. The van der Waals surface area contributed by atoms with Crippen LogP contribution in [0.25, 0.3) is 0 Å². The summed E-state index contributed by atoms with van der Waals surface area (Å²) in [4.78, 5) is 12.3. The Balaban J connectivity index is 1.76. The summed E-state index contributed by atoms with van der Waals surface area (Å²) < 4.78 is 37.9. The van der Waals surface area contributed by atoms with Gasteiger partial charge in [-0.25, -0.2) is 0 Å². The van der Waals surface area contributed by atoms with Crippen molar-refractivity contribution < 1.29 is 18.0 Å². The Kier molecular flexibility index (Phi) is 5.41. The van der Waals surface area contributed by atoms with E-state index in [1.165, 1.54) is 0 Å². The first-order valence-electron chi connectivity index (χ1n) is 8.33. The molecule has 6 heteroatoms. The Morgan fingerprint density at radius 1 is 1.18 bits per heavy atom. The molecule has 22 heavy (non-hydrogen) atoms. The lowest BCUT2D eigenvalue weighted by Gasteiger charge is -2.37. The van der Waals surface area contributed by atoms with Crippen molar-refractivity contribution >= 4 is 5.91 Å². The average molecular weight is 320 g/mol. The van der Waals surface area contributed by atoms with E-state index in [-0.39, 0.29) is 30.6 Å². The van der Waals surface area contributed by atoms with E-state index in [0.717, 1.165) is 25.7 Å². The van der Waals surface area contributed by atoms with Crippen LogP contribution < -0.4 is 11.1 Å². The van der Waals surface area contributed by atoms with Crippen LogP contribution in [0.1, 0.15) is 58.3 Å². The first kappa shape index (κ1) is 17.6. The lowest BCUT2D eigenvalue weighted by atomic mass is 9.74. The summed E-state index contributed by atoms with van der Waals surface area (Å²) >= 11 is 0. The monoisotopic (exact) mass is 320 g/mol. The van der Waals surface area contributed by atoms with Crippen LogP contribution in [0.5, 0.6) is 0 Å². The third kappa shape index (κ3) is 4.37. The van der Waals surface area contributed by atoms with Crippen molar-refractivity contribution in [2.45, 2.75) is 70.0 Å². The Morgan fingerprint density at radius 2 is 1.82 bits per heavy atom. The fourth-order valence-electron chi connectivity index (χ4n) is 3.85. The largest absolute Gasteiger partial charge is 0.391 e. The summed E-state index contributed by atoms with van der Waals surface area (Å²) in [6.07, 6.45) is 1.09. The van der Waals surface area contributed by atoms with Crippen LogP contribution in [-0.2, 0) is 4.79 Å². The number of amides is 1. The van der Waals surface area contributed by atoms with Gasteiger partial charge in [0.05, 0.1) is 11.8 Å². The van der Waals surface area contributed by atoms with E-state index >= 15 is 0 Å². The second-order valence-corrected chi connectivity index (χ2v) is 7.31. The number of rotatable bonds is 3. The zero-order valence-electron chi connectivity index (χ0n) is 13.2. The normalized spacial score (nSPS) is 36.9. The highest BCUT2D eigenvalue weighted by molar-refractivity contribution is 5.80. The Hall–Kier alpha value is -0.780. The molecule has 0 saturated heterocycles. The van der Waals surface area contributed by atoms with Crippen molar-refractivity contribution in [3.63, 3.8) is 0 Å². The van der Waals surface area contributed by atoms with Gasteiger partial charge in [-0.05, 0) is 51.4 Å². The molecular weight excluding hydrogens is 293 g/mol. The molecule has 0 aromatic rings. The third-order valence-corrected chi connectivity index (χ3v) is 5.45. The highest BCUT2D eigenvalue weighted by Gasteiger charge is 2.42. The number of carbonyl (C=O) groups is 1. The van der Waals surface area contributed by atoms with Crippen molar-refractivity contribution in [3.05, 3.63) is 0 Å². The van der Waals surface area contributed by atoms with Crippen LogP contribution in [-0.4, -0.2) is 24.2 Å². The first-order chi connectivity index (χ1) is 10.2. The fourth-order valence-corrected chi connectivity index (χ4v) is 3.85. The minimum atomic E-state index is -4.07. The summed E-state index contributed by atoms with van der Waals surface area (Å²) in [6, 6.07) is 0.